The summed E-state index contributed by atoms with van der Waals surface area (Å²) in [4.78, 5) is 2.38. The van der Waals surface area contributed by atoms with Gasteiger partial charge in [-0.1, -0.05) is 109 Å². The Bertz CT molecular complexity index is 1540. The van der Waals surface area contributed by atoms with E-state index in [4.69, 9.17) is 0 Å². The van der Waals surface area contributed by atoms with E-state index in [1.807, 2.05) is 12.1 Å². The lowest BCUT2D eigenvalue weighted by atomic mass is 9.91. The predicted octanol–water partition coefficient (Wildman–Crippen LogP) is 8.83. The third-order valence-corrected chi connectivity index (χ3v) is 7.30. The second-order valence-corrected chi connectivity index (χ2v) is 9.61. The molecule has 0 bridgehead atoms. The molecule has 37 heavy (non-hydrogen) atoms. The molecular formula is C35H28N2. The molecule has 178 valence electrons. The largest absolute Gasteiger partial charge is 0.370 e. The molecule has 0 amide bonds. The van der Waals surface area contributed by atoms with Gasteiger partial charge >= 0.3 is 0 Å². The van der Waals surface area contributed by atoms with Crippen molar-refractivity contribution in [2.75, 3.05) is 18.0 Å². The molecule has 0 aromatic heterocycles. The van der Waals surface area contributed by atoms with Crippen molar-refractivity contribution in [3.63, 3.8) is 0 Å². The van der Waals surface area contributed by atoms with E-state index < -0.39 is 0 Å². The summed E-state index contributed by atoms with van der Waals surface area (Å²) in [6, 6.07) is 45.2. The van der Waals surface area contributed by atoms with Crippen molar-refractivity contribution in [2.45, 2.75) is 12.8 Å². The summed E-state index contributed by atoms with van der Waals surface area (Å²) in [5.41, 5.74) is 11.0. The lowest BCUT2D eigenvalue weighted by Crippen LogP contribution is -2.19. The fourth-order valence-electron chi connectivity index (χ4n) is 5.30. The monoisotopic (exact) mass is 476 g/mol. The van der Waals surface area contributed by atoms with Gasteiger partial charge in [0.2, 0.25) is 0 Å². The maximum absolute atomic E-state index is 10.3. The summed E-state index contributed by atoms with van der Waals surface area (Å²) in [5.74, 6) is 0. The minimum Gasteiger partial charge on any atom is -0.370 e. The Balaban J connectivity index is 1.44. The fraction of sp³-hybridized carbons (Fsp3) is 0.114. The van der Waals surface area contributed by atoms with E-state index in [0.29, 0.717) is 0 Å². The molecule has 0 radical (unpaired) electrons. The average Bonchev–Trinajstić information content (AvgIpc) is 3.53. The molecule has 2 heteroatoms. The third kappa shape index (κ3) is 4.65. The van der Waals surface area contributed by atoms with Crippen LogP contribution in [0.5, 0.6) is 0 Å². The Kier molecular flexibility index (Phi) is 6.28. The number of hydrogen-bond acceptors (Lipinski definition) is 2. The van der Waals surface area contributed by atoms with E-state index in [1.54, 1.807) is 0 Å². The van der Waals surface area contributed by atoms with Crippen LogP contribution in [0.3, 0.4) is 0 Å². The van der Waals surface area contributed by atoms with E-state index in [2.05, 4.69) is 120 Å². The normalized spacial score (nSPS) is 12.9. The van der Waals surface area contributed by atoms with Crippen molar-refractivity contribution in [3.8, 4) is 50.6 Å². The van der Waals surface area contributed by atoms with Gasteiger partial charge in [0.05, 0.1) is 11.3 Å². The van der Waals surface area contributed by atoms with Gasteiger partial charge < -0.3 is 4.90 Å². The van der Waals surface area contributed by atoms with Gasteiger partial charge in [-0.15, -0.1) is 0 Å². The SMILES string of the molecule is N#Cc1c(-c2ccc(-c3ccccc3)cc2)cc(-c2ccc(-c3ccccc3)cc2)cc1N1CCCC1. The number of hydrogen-bond donors (Lipinski definition) is 0. The minimum absolute atomic E-state index is 0.763. The molecule has 1 aliphatic rings. The molecule has 0 unspecified atom stereocenters. The van der Waals surface area contributed by atoms with Gasteiger partial charge in [-0.05, 0) is 63.9 Å². The summed E-state index contributed by atoms with van der Waals surface area (Å²) in [7, 11) is 0. The first-order valence-corrected chi connectivity index (χ1v) is 12.9. The number of rotatable bonds is 5. The number of nitriles is 1. The van der Waals surface area contributed by atoms with E-state index in [9.17, 15) is 5.26 Å². The molecule has 5 aromatic rings. The van der Waals surface area contributed by atoms with Crippen molar-refractivity contribution in [1.82, 2.24) is 0 Å². The smallest absolute Gasteiger partial charge is 0.102 e. The van der Waals surface area contributed by atoms with Crippen molar-refractivity contribution in [3.05, 3.63) is 127 Å². The van der Waals surface area contributed by atoms with E-state index in [-0.39, 0.29) is 0 Å². The first-order valence-electron chi connectivity index (χ1n) is 12.9. The van der Waals surface area contributed by atoms with Crippen molar-refractivity contribution < 1.29 is 0 Å². The number of anilines is 1. The van der Waals surface area contributed by atoms with Crippen LogP contribution in [0.1, 0.15) is 18.4 Å². The highest BCUT2D eigenvalue weighted by Crippen LogP contribution is 2.38. The minimum atomic E-state index is 0.763. The van der Waals surface area contributed by atoms with Gasteiger partial charge in [0.15, 0.2) is 0 Å². The fourth-order valence-corrected chi connectivity index (χ4v) is 5.30. The summed E-state index contributed by atoms with van der Waals surface area (Å²) in [6.45, 7) is 1.99. The Labute approximate surface area is 219 Å². The van der Waals surface area contributed by atoms with Crippen LogP contribution in [-0.4, -0.2) is 13.1 Å². The highest BCUT2D eigenvalue weighted by molar-refractivity contribution is 5.86. The molecule has 0 N–H and O–H groups in total. The standard InChI is InChI=1S/C35H28N2/c36-25-34-33(31-19-17-29(18-20-31)27-11-5-2-6-12-27)23-32(24-35(34)37-21-7-8-22-37)30-15-13-28(14-16-30)26-9-3-1-4-10-26/h1-6,9-20,23-24H,7-8,21-22H2. The summed E-state index contributed by atoms with van der Waals surface area (Å²) >= 11 is 0. The predicted molar refractivity (Wildman–Crippen MR) is 154 cm³/mol. The van der Waals surface area contributed by atoms with Crippen molar-refractivity contribution in [2.24, 2.45) is 0 Å². The summed E-state index contributed by atoms with van der Waals surface area (Å²) in [5, 5.41) is 10.3. The van der Waals surface area contributed by atoms with Gasteiger partial charge in [-0.2, -0.15) is 5.26 Å². The number of benzene rings is 5. The lowest BCUT2D eigenvalue weighted by molar-refractivity contribution is 0.949. The van der Waals surface area contributed by atoms with Crippen molar-refractivity contribution in [1.29, 1.82) is 5.26 Å². The first-order chi connectivity index (χ1) is 18.3. The van der Waals surface area contributed by atoms with Gasteiger partial charge in [-0.25, -0.2) is 0 Å². The van der Waals surface area contributed by atoms with Crippen LogP contribution in [0.25, 0.3) is 44.5 Å². The zero-order chi connectivity index (χ0) is 25.0. The molecule has 6 rings (SSSR count). The maximum atomic E-state index is 10.3. The van der Waals surface area contributed by atoms with Gasteiger partial charge in [0.1, 0.15) is 6.07 Å². The zero-order valence-electron chi connectivity index (χ0n) is 20.8. The second kappa shape index (κ2) is 10.2. The summed E-state index contributed by atoms with van der Waals surface area (Å²) in [6.07, 6.45) is 2.34. The molecule has 0 atom stereocenters. The van der Waals surface area contributed by atoms with Crippen LogP contribution in [0.2, 0.25) is 0 Å². The quantitative estimate of drug-likeness (QED) is 0.253. The molecular weight excluding hydrogens is 448 g/mol. The van der Waals surface area contributed by atoms with Gasteiger partial charge in [-0.3, -0.25) is 0 Å². The van der Waals surface area contributed by atoms with Crippen LogP contribution in [-0.2, 0) is 0 Å². The van der Waals surface area contributed by atoms with Crippen LogP contribution in [0.15, 0.2) is 121 Å². The molecule has 1 heterocycles. The van der Waals surface area contributed by atoms with Crippen molar-refractivity contribution >= 4 is 5.69 Å². The topological polar surface area (TPSA) is 27.0 Å². The molecule has 0 saturated carbocycles. The van der Waals surface area contributed by atoms with Crippen LogP contribution in [0.4, 0.5) is 5.69 Å². The average molecular weight is 477 g/mol. The van der Waals surface area contributed by atoms with Crippen LogP contribution < -0.4 is 4.90 Å². The highest BCUT2D eigenvalue weighted by Gasteiger charge is 2.21. The molecule has 5 aromatic carbocycles. The van der Waals surface area contributed by atoms with E-state index >= 15 is 0 Å². The van der Waals surface area contributed by atoms with Gasteiger partial charge in [0.25, 0.3) is 0 Å². The zero-order valence-corrected chi connectivity index (χ0v) is 20.8. The highest BCUT2D eigenvalue weighted by atomic mass is 15.1. The van der Waals surface area contributed by atoms with E-state index in [1.165, 1.54) is 35.1 Å². The summed E-state index contributed by atoms with van der Waals surface area (Å²) < 4.78 is 0. The Morgan fingerprint density at radius 2 is 0.919 bits per heavy atom. The van der Waals surface area contributed by atoms with Crippen LogP contribution >= 0.6 is 0 Å². The lowest BCUT2D eigenvalue weighted by Gasteiger charge is -2.22. The first kappa shape index (κ1) is 22.8. The molecule has 0 spiro atoms. The molecule has 1 saturated heterocycles. The third-order valence-electron chi connectivity index (χ3n) is 7.30. The maximum Gasteiger partial charge on any atom is 0.102 e. The molecule has 0 aliphatic carbocycles. The Morgan fingerprint density at radius 3 is 1.41 bits per heavy atom. The van der Waals surface area contributed by atoms with E-state index in [0.717, 1.165) is 46.6 Å². The molecule has 2 nitrogen and oxygen atoms in total. The Hall–Kier alpha value is -4.61. The van der Waals surface area contributed by atoms with Gasteiger partial charge in [0, 0.05) is 18.7 Å². The van der Waals surface area contributed by atoms with Crippen LogP contribution in [0, 0.1) is 11.3 Å². The second-order valence-electron chi connectivity index (χ2n) is 9.61. The number of nitrogens with zero attached hydrogens (tertiary/aromatic N) is 2. The molecule has 1 fully saturated rings. The Morgan fingerprint density at radius 1 is 0.486 bits per heavy atom. The molecule has 1 aliphatic heterocycles.